The summed E-state index contributed by atoms with van der Waals surface area (Å²) in [5.74, 6) is 0.0598. The minimum absolute atomic E-state index is 0.0598. The summed E-state index contributed by atoms with van der Waals surface area (Å²) >= 11 is 1.14. The quantitative estimate of drug-likeness (QED) is 0.717. The molecule has 0 fully saturated rings. The lowest BCUT2D eigenvalue weighted by atomic mass is 10.0. The van der Waals surface area contributed by atoms with Crippen LogP contribution in [0.25, 0.3) is 22.1 Å². The summed E-state index contributed by atoms with van der Waals surface area (Å²) < 4.78 is 0.686. The lowest BCUT2D eigenvalue weighted by Gasteiger charge is -2.06. The van der Waals surface area contributed by atoms with E-state index in [1.807, 2.05) is 56.3 Å². The van der Waals surface area contributed by atoms with E-state index < -0.39 is 0 Å². The minimum Gasteiger partial charge on any atom is -0.507 e. The Morgan fingerprint density at radius 1 is 1.18 bits per heavy atom. The van der Waals surface area contributed by atoms with Crippen LogP contribution < -0.4 is 4.74 Å². The van der Waals surface area contributed by atoms with E-state index >= 15 is 0 Å². The molecule has 3 aromatic rings. The molecule has 2 aromatic carbocycles. The molecule has 0 amide bonds. The summed E-state index contributed by atoms with van der Waals surface area (Å²) in [6.45, 7) is 3.93. The second-order valence-corrected chi connectivity index (χ2v) is 6.22. The number of nitrogens with zero attached hydrogens (tertiary/aromatic N) is 1. The van der Waals surface area contributed by atoms with E-state index in [1.54, 1.807) is 0 Å². The smallest absolute Gasteiger partial charge is 0.258 e. The highest BCUT2D eigenvalue weighted by Crippen LogP contribution is 2.20. The highest BCUT2D eigenvalue weighted by Gasteiger charge is 2.08. The Balaban J connectivity index is 2.11. The van der Waals surface area contributed by atoms with Crippen LogP contribution in [-0.2, 0) is 0 Å². The van der Waals surface area contributed by atoms with Crippen LogP contribution in [0.4, 0.5) is 0 Å². The average Bonchev–Trinajstić information content (AvgIpc) is 2.47. The Bertz CT molecular complexity index is 941. The van der Waals surface area contributed by atoms with Gasteiger partial charge in [0, 0.05) is 11.6 Å². The number of rotatable bonds is 2. The molecule has 1 aromatic heterocycles. The number of benzene rings is 2. The number of aliphatic hydroxyl groups excluding tert-OH is 1. The van der Waals surface area contributed by atoms with E-state index in [4.69, 9.17) is 0 Å². The Kier molecular flexibility index (Phi) is 3.77. The fourth-order valence-corrected chi connectivity index (χ4v) is 3.14. The van der Waals surface area contributed by atoms with Crippen molar-refractivity contribution in [3.8, 4) is 0 Å². The second kappa shape index (κ2) is 5.73. The molecule has 0 spiro atoms. The normalized spacial score (nSPS) is 11.8. The molecule has 0 radical (unpaired) electrons. The number of fused-ring (bicyclic) bond motifs is 1. The van der Waals surface area contributed by atoms with E-state index in [0.717, 1.165) is 32.7 Å². The maximum Gasteiger partial charge on any atom is 0.258 e. The Morgan fingerprint density at radius 2 is 1.95 bits per heavy atom. The van der Waals surface area contributed by atoms with Crippen LogP contribution in [0.2, 0.25) is 0 Å². The molecule has 0 unspecified atom stereocenters. The fourth-order valence-electron chi connectivity index (χ4n) is 2.36. The fraction of sp³-hybridized carbons (Fsp3) is 0.111. The molecule has 110 valence electrons. The van der Waals surface area contributed by atoms with Crippen LogP contribution >= 0.6 is 11.3 Å². The SMILES string of the molecule is Cc1ccc(C(O)=Cc2nc3ccccc3sc2=O)c(C)c1. The van der Waals surface area contributed by atoms with E-state index in [2.05, 4.69) is 4.98 Å². The van der Waals surface area contributed by atoms with Crippen molar-refractivity contribution >= 4 is 33.4 Å². The number of aromatic nitrogens is 1. The van der Waals surface area contributed by atoms with Gasteiger partial charge in [-0.05, 0) is 31.5 Å². The average molecular weight is 309 g/mol. The summed E-state index contributed by atoms with van der Waals surface area (Å²) in [4.78, 5) is 16.5. The number of para-hydroxylation sites is 1. The number of hydrogen-bond donors (Lipinski definition) is 1. The summed E-state index contributed by atoms with van der Waals surface area (Å²) in [5, 5.41) is 10.3. The lowest BCUT2D eigenvalue weighted by Crippen LogP contribution is -2.03. The monoisotopic (exact) mass is 309 g/mol. The molecule has 0 saturated heterocycles. The molecule has 1 N–H and O–H groups in total. The molecular formula is C18H15NO2S. The third-order valence-electron chi connectivity index (χ3n) is 3.45. The van der Waals surface area contributed by atoms with E-state index in [1.165, 1.54) is 6.08 Å². The van der Waals surface area contributed by atoms with Crippen molar-refractivity contribution in [3.05, 3.63) is 74.4 Å². The standard InChI is InChI=1S/C18H15NO2S/c1-11-7-8-13(12(2)9-11)16(20)10-15-18(21)22-17-6-4-3-5-14(17)19-15/h3-10,20H,1-2H3. The molecule has 0 aliphatic carbocycles. The maximum atomic E-state index is 12.1. The van der Waals surface area contributed by atoms with Crippen molar-refractivity contribution in [2.24, 2.45) is 0 Å². The third kappa shape index (κ3) is 2.78. The maximum absolute atomic E-state index is 12.1. The second-order valence-electron chi connectivity index (χ2n) is 5.20. The molecule has 4 heteroatoms. The highest BCUT2D eigenvalue weighted by atomic mass is 32.1. The largest absolute Gasteiger partial charge is 0.507 e. The van der Waals surface area contributed by atoms with Crippen molar-refractivity contribution in [2.75, 3.05) is 0 Å². The van der Waals surface area contributed by atoms with Crippen molar-refractivity contribution in [1.82, 2.24) is 4.98 Å². The lowest BCUT2D eigenvalue weighted by molar-refractivity contribution is 0.514. The van der Waals surface area contributed by atoms with Crippen molar-refractivity contribution in [2.45, 2.75) is 13.8 Å². The Morgan fingerprint density at radius 3 is 2.73 bits per heavy atom. The molecule has 0 saturated carbocycles. The van der Waals surface area contributed by atoms with Gasteiger partial charge in [0.15, 0.2) is 0 Å². The van der Waals surface area contributed by atoms with Gasteiger partial charge in [-0.1, -0.05) is 47.2 Å². The molecule has 3 rings (SSSR count). The Hall–Kier alpha value is -2.46. The van der Waals surface area contributed by atoms with Gasteiger partial charge in [0.1, 0.15) is 11.5 Å². The van der Waals surface area contributed by atoms with Gasteiger partial charge in [0.05, 0.1) is 10.2 Å². The molecule has 22 heavy (non-hydrogen) atoms. The minimum atomic E-state index is -0.157. The van der Waals surface area contributed by atoms with Gasteiger partial charge in [0.2, 0.25) is 0 Å². The molecule has 0 aliphatic rings. The molecular weight excluding hydrogens is 294 g/mol. The third-order valence-corrected chi connectivity index (χ3v) is 4.41. The number of hydrogen-bond acceptors (Lipinski definition) is 4. The molecule has 1 heterocycles. The number of aliphatic hydroxyl groups is 1. The first kappa shape index (κ1) is 14.5. The van der Waals surface area contributed by atoms with Crippen LogP contribution in [0.1, 0.15) is 22.4 Å². The number of aryl methyl sites for hydroxylation is 2. The van der Waals surface area contributed by atoms with E-state index in [9.17, 15) is 9.90 Å². The predicted molar refractivity (Wildman–Crippen MR) is 92.3 cm³/mol. The van der Waals surface area contributed by atoms with E-state index in [-0.39, 0.29) is 16.2 Å². The van der Waals surface area contributed by atoms with Crippen LogP contribution in [0.3, 0.4) is 0 Å². The van der Waals surface area contributed by atoms with E-state index in [0.29, 0.717) is 5.56 Å². The van der Waals surface area contributed by atoms with Gasteiger partial charge >= 0.3 is 0 Å². The van der Waals surface area contributed by atoms with Gasteiger partial charge in [-0.25, -0.2) is 4.98 Å². The summed E-state index contributed by atoms with van der Waals surface area (Å²) in [6, 6.07) is 13.3. The molecule has 3 nitrogen and oxygen atoms in total. The summed E-state index contributed by atoms with van der Waals surface area (Å²) in [5.41, 5.74) is 3.83. The first-order valence-electron chi connectivity index (χ1n) is 6.93. The van der Waals surface area contributed by atoms with Crippen LogP contribution in [0.5, 0.6) is 0 Å². The molecule has 0 bridgehead atoms. The predicted octanol–water partition coefficient (Wildman–Crippen LogP) is 4.33. The van der Waals surface area contributed by atoms with Crippen molar-refractivity contribution in [3.63, 3.8) is 0 Å². The first-order chi connectivity index (χ1) is 10.5. The zero-order chi connectivity index (χ0) is 15.7. The van der Waals surface area contributed by atoms with Crippen LogP contribution in [-0.4, -0.2) is 10.1 Å². The highest BCUT2D eigenvalue weighted by molar-refractivity contribution is 7.16. The first-order valence-corrected chi connectivity index (χ1v) is 7.74. The van der Waals surface area contributed by atoms with Gasteiger partial charge in [0.25, 0.3) is 4.74 Å². The Labute approximate surface area is 132 Å². The topological polar surface area (TPSA) is 50.2 Å². The van der Waals surface area contributed by atoms with Crippen LogP contribution in [0.15, 0.2) is 47.3 Å². The van der Waals surface area contributed by atoms with Crippen molar-refractivity contribution < 1.29 is 5.11 Å². The van der Waals surface area contributed by atoms with Gasteiger partial charge < -0.3 is 5.11 Å². The van der Waals surface area contributed by atoms with Gasteiger partial charge in [-0.15, -0.1) is 0 Å². The summed E-state index contributed by atoms with van der Waals surface area (Å²) in [7, 11) is 0. The van der Waals surface area contributed by atoms with Crippen LogP contribution in [0, 0.1) is 13.8 Å². The molecule has 0 aliphatic heterocycles. The van der Waals surface area contributed by atoms with Gasteiger partial charge in [-0.3, -0.25) is 4.79 Å². The van der Waals surface area contributed by atoms with Crippen molar-refractivity contribution in [1.29, 1.82) is 0 Å². The zero-order valence-electron chi connectivity index (χ0n) is 12.3. The molecule has 0 atom stereocenters. The zero-order valence-corrected chi connectivity index (χ0v) is 13.1. The van der Waals surface area contributed by atoms with Gasteiger partial charge in [-0.2, -0.15) is 0 Å². The summed E-state index contributed by atoms with van der Waals surface area (Å²) in [6.07, 6.45) is 1.45.